The van der Waals surface area contributed by atoms with Gasteiger partial charge in [-0.3, -0.25) is 0 Å². The number of ether oxygens (including phenoxy) is 1. The van der Waals surface area contributed by atoms with Crippen molar-refractivity contribution < 1.29 is 4.74 Å². The van der Waals surface area contributed by atoms with Crippen molar-refractivity contribution in [2.75, 3.05) is 6.61 Å². The zero-order chi connectivity index (χ0) is 10.1. The fourth-order valence-electron chi connectivity index (χ4n) is 3.21. The van der Waals surface area contributed by atoms with Gasteiger partial charge < -0.3 is 4.74 Å². The molecule has 0 saturated heterocycles. The molecule has 1 aromatic heterocycles. The van der Waals surface area contributed by atoms with Gasteiger partial charge in [-0.2, -0.15) is 0 Å². The smallest absolute Gasteiger partial charge is 0.213 e. The topological polar surface area (TPSA) is 22.1 Å². The summed E-state index contributed by atoms with van der Waals surface area (Å²) >= 11 is 0. The van der Waals surface area contributed by atoms with Crippen LogP contribution in [0, 0.1) is 17.8 Å². The van der Waals surface area contributed by atoms with Gasteiger partial charge in [0.1, 0.15) is 0 Å². The summed E-state index contributed by atoms with van der Waals surface area (Å²) in [6, 6.07) is 5.83. The van der Waals surface area contributed by atoms with Crippen LogP contribution in [0.2, 0.25) is 0 Å². The summed E-state index contributed by atoms with van der Waals surface area (Å²) in [5, 5.41) is 0. The Balaban J connectivity index is 1.55. The van der Waals surface area contributed by atoms with Crippen LogP contribution in [-0.4, -0.2) is 11.6 Å². The van der Waals surface area contributed by atoms with Crippen molar-refractivity contribution in [2.24, 2.45) is 17.8 Å². The summed E-state index contributed by atoms with van der Waals surface area (Å²) in [6.45, 7) is 0.873. The Morgan fingerprint density at radius 3 is 2.93 bits per heavy atom. The third-order valence-corrected chi connectivity index (χ3v) is 3.97. The lowest BCUT2D eigenvalue weighted by Gasteiger charge is -2.21. The van der Waals surface area contributed by atoms with Gasteiger partial charge in [-0.15, -0.1) is 0 Å². The Morgan fingerprint density at radius 2 is 2.27 bits per heavy atom. The zero-order valence-electron chi connectivity index (χ0n) is 8.93. The number of fused-ring (bicyclic) bond motifs is 2. The Hall–Kier alpha value is -1.05. The highest BCUT2D eigenvalue weighted by Crippen LogP contribution is 2.48. The number of nitrogens with zero attached hydrogens (tertiary/aromatic N) is 1. The standard InChI is InChI=1S/C13H17NO/c1-2-6-14-13(3-1)15-9-12-8-10-4-5-11(12)7-10/h1-3,6,10-12H,4-5,7-9H2. The van der Waals surface area contributed by atoms with Crippen molar-refractivity contribution in [3.05, 3.63) is 24.4 Å². The molecule has 2 saturated carbocycles. The highest BCUT2D eigenvalue weighted by Gasteiger charge is 2.39. The second-order valence-electron chi connectivity index (χ2n) is 4.91. The minimum absolute atomic E-state index is 0.778. The van der Waals surface area contributed by atoms with E-state index in [1.807, 2.05) is 18.2 Å². The number of hydrogen-bond donors (Lipinski definition) is 0. The molecular weight excluding hydrogens is 186 g/mol. The zero-order valence-corrected chi connectivity index (χ0v) is 8.93. The van der Waals surface area contributed by atoms with Crippen LogP contribution in [0.1, 0.15) is 25.7 Å². The average molecular weight is 203 g/mol. The summed E-state index contributed by atoms with van der Waals surface area (Å²) in [4.78, 5) is 4.18. The Kier molecular flexibility index (Phi) is 2.35. The number of pyridine rings is 1. The second kappa shape index (κ2) is 3.84. The van der Waals surface area contributed by atoms with Gasteiger partial charge in [0.05, 0.1) is 6.61 Å². The van der Waals surface area contributed by atoms with Gasteiger partial charge in [-0.05, 0) is 43.1 Å². The lowest BCUT2D eigenvalue weighted by Crippen LogP contribution is -2.18. The molecule has 3 unspecified atom stereocenters. The molecule has 0 spiro atoms. The monoisotopic (exact) mass is 203 g/mol. The maximum Gasteiger partial charge on any atom is 0.213 e. The lowest BCUT2D eigenvalue weighted by molar-refractivity contribution is 0.190. The first-order valence-corrected chi connectivity index (χ1v) is 5.95. The van der Waals surface area contributed by atoms with E-state index < -0.39 is 0 Å². The highest BCUT2D eigenvalue weighted by atomic mass is 16.5. The van der Waals surface area contributed by atoms with E-state index in [0.717, 1.165) is 30.2 Å². The van der Waals surface area contributed by atoms with Crippen LogP contribution >= 0.6 is 0 Å². The van der Waals surface area contributed by atoms with E-state index in [4.69, 9.17) is 4.74 Å². The maximum absolute atomic E-state index is 5.73. The molecule has 3 atom stereocenters. The summed E-state index contributed by atoms with van der Waals surface area (Å²) in [6.07, 6.45) is 7.52. The molecule has 2 fully saturated rings. The van der Waals surface area contributed by atoms with Crippen molar-refractivity contribution in [1.29, 1.82) is 0 Å². The third kappa shape index (κ3) is 1.85. The SMILES string of the molecule is c1ccc(OCC2CC3CCC2C3)nc1. The molecule has 2 bridgehead atoms. The van der Waals surface area contributed by atoms with Crippen LogP contribution in [0.5, 0.6) is 5.88 Å². The molecule has 2 heteroatoms. The van der Waals surface area contributed by atoms with Crippen LogP contribution in [0.3, 0.4) is 0 Å². The van der Waals surface area contributed by atoms with Gasteiger partial charge in [0.25, 0.3) is 0 Å². The van der Waals surface area contributed by atoms with E-state index in [2.05, 4.69) is 4.98 Å². The molecule has 0 aliphatic heterocycles. The van der Waals surface area contributed by atoms with Gasteiger partial charge >= 0.3 is 0 Å². The van der Waals surface area contributed by atoms with Crippen LogP contribution in [0.15, 0.2) is 24.4 Å². The number of rotatable bonds is 3. The fourth-order valence-corrected chi connectivity index (χ4v) is 3.21. The van der Waals surface area contributed by atoms with E-state index >= 15 is 0 Å². The predicted molar refractivity (Wildman–Crippen MR) is 58.7 cm³/mol. The van der Waals surface area contributed by atoms with Crippen molar-refractivity contribution in [3.8, 4) is 5.88 Å². The number of hydrogen-bond acceptors (Lipinski definition) is 2. The van der Waals surface area contributed by atoms with Crippen molar-refractivity contribution in [2.45, 2.75) is 25.7 Å². The Labute approximate surface area is 90.7 Å². The molecule has 1 heterocycles. The van der Waals surface area contributed by atoms with Gasteiger partial charge in [0, 0.05) is 12.3 Å². The van der Waals surface area contributed by atoms with Gasteiger partial charge in [0.2, 0.25) is 5.88 Å². The van der Waals surface area contributed by atoms with Gasteiger partial charge in [-0.25, -0.2) is 4.98 Å². The predicted octanol–water partition coefficient (Wildman–Crippen LogP) is 2.90. The average Bonchev–Trinajstić information content (AvgIpc) is 2.89. The van der Waals surface area contributed by atoms with E-state index in [1.54, 1.807) is 6.20 Å². The van der Waals surface area contributed by atoms with E-state index in [1.165, 1.54) is 25.7 Å². The molecule has 15 heavy (non-hydrogen) atoms. The molecule has 0 radical (unpaired) electrons. The molecule has 2 aliphatic carbocycles. The van der Waals surface area contributed by atoms with Crippen LogP contribution < -0.4 is 4.74 Å². The largest absolute Gasteiger partial charge is 0.477 e. The molecule has 0 N–H and O–H groups in total. The molecular formula is C13H17NO. The highest BCUT2D eigenvalue weighted by molar-refractivity contribution is 5.09. The minimum atomic E-state index is 0.778. The van der Waals surface area contributed by atoms with Crippen LogP contribution in [-0.2, 0) is 0 Å². The first kappa shape index (κ1) is 9.20. The van der Waals surface area contributed by atoms with Gasteiger partial charge in [-0.1, -0.05) is 12.5 Å². The summed E-state index contributed by atoms with van der Waals surface area (Å²) in [5.41, 5.74) is 0. The van der Waals surface area contributed by atoms with Crippen molar-refractivity contribution >= 4 is 0 Å². The molecule has 0 aromatic carbocycles. The van der Waals surface area contributed by atoms with Gasteiger partial charge in [0.15, 0.2) is 0 Å². The second-order valence-corrected chi connectivity index (χ2v) is 4.91. The third-order valence-electron chi connectivity index (χ3n) is 3.97. The Bertz CT molecular complexity index is 325. The molecule has 80 valence electrons. The molecule has 0 amide bonds. The molecule has 3 rings (SSSR count). The fraction of sp³-hybridized carbons (Fsp3) is 0.615. The van der Waals surface area contributed by atoms with Crippen LogP contribution in [0.25, 0.3) is 0 Å². The summed E-state index contributed by atoms with van der Waals surface area (Å²) in [7, 11) is 0. The van der Waals surface area contributed by atoms with E-state index in [9.17, 15) is 0 Å². The molecule has 1 aromatic rings. The van der Waals surface area contributed by atoms with Crippen molar-refractivity contribution in [1.82, 2.24) is 4.98 Å². The normalized spacial score (nSPS) is 33.2. The van der Waals surface area contributed by atoms with E-state index in [0.29, 0.717) is 0 Å². The quantitative estimate of drug-likeness (QED) is 0.753. The first-order valence-electron chi connectivity index (χ1n) is 5.95. The molecule has 2 aliphatic rings. The van der Waals surface area contributed by atoms with Crippen LogP contribution in [0.4, 0.5) is 0 Å². The minimum Gasteiger partial charge on any atom is -0.477 e. The maximum atomic E-state index is 5.73. The molecule has 2 nitrogen and oxygen atoms in total. The lowest BCUT2D eigenvalue weighted by atomic mass is 9.90. The summed E-state index contributed by atoms with van der Waals surface area (Å²) in [5.74, 6) is 3.53. The summed E-state index contributed by atoms with van der Waals surface area (Å²) < 4.78 is 5.73. The number of aromatic nitrogens is 1. The van der Waals surface area contributed by atoms with Crippen molar-refractivity contribution in [3.63, 3.8) is 0 Å². The Morgan fingerprint density at radius 1 is 1.27 bits per heavy atom. The van der Waals surface area contributed by atoms with E-state index in [-0.39, 0.29) is 0 Å². The first-order chi connectivity index (χ1) is 7.42.